The van der Waals surface area contributed by atoms with Gasteiger partial charge in [-0.3, -0.25) is 4.79 Å². The SMILES string of the molecule is O=C1c2ccccc2C2CCC(O)=CC12. The van der Waals surface area contributed by atoms with E-state index in [4.69, 9.17) is 0 Å². The Balaban J connectivity index is 2.14. The molecule has 0 saturated carbocycles. The van der Waals surface area contributed by atoms with Crippen molar-refractivity contribution in [3.05, 3.63) is 47.2 Å². The van der Waals surface area contributed by atoms with E-state index in [9.17, 15) is 9.90 Å². The van der Waals surface area contributed by atoms with E-state index < -0.39 is 0 Å². The van der Waals surface area contributed by atoms with Crippen molar-refractivity contribution in [2.45, 2.75) is 18.8 Å². The number of ketones is 1. The summed E-state index contributed by atoms with van der Waals surface area (Å²) in [5.74, 6) is 0.722. The first-order valence-corrected chi connectivity index (χ1v) is 5.30. The van der Waals surface area contributed by atoms with E-state index in [-0.39, 0.29) is 11.7 Å². The second-order valence-corrected chi connectivity index (χ2v) is 4.28. The van der Waals surface area contributed by atoms with Crippen molar-refractivity contribution < 1.29 is 9.90 Å². The minimum atomic E-state index is -0.115. The summed E-state index contributed by atoms with van der Waals surface area (Å²) in [6.45, 7) is 0. The van der Waals surface area contributed by atoms with Crippen LogP contribution in [0.15, 0.2) is 36.1 Å². The number of carbonyl (C=O) groups excluding carboxylic acids is 1. The van der Waals surface area contributed by atoms with Crippen LogP contribution < -0.4 is 0 Å². The number of allylic oxidation sites excluding steroid dienone is 2. The van der Waals surface area contributed by atoms with Gasteiger partial charge in [-0.05, 0) is 24.0 Å². The number of hydrogen-bond donors (Lipinski definition) is 1. The number of hydrogen-bond acceptors (Lipinski definition) is 2. The van der Waals surface area contributed by atoms with E-state index in [1.54, 1.807) is 6.08 Å². The lowest BCUT2D eigenvalue weighted by molar-refractivity contribution is 0.0940. The molecular formula is C13H12O2. The zero-order valence-corrected chi connectivity index (χ0v) is 8.31. The van der Waals surface area contributed by atoms with Gasteiger partial charge in [0, 0.05) is 12.0 Å². The van der Waals surface area contributed by atoms with Crippen LogP contribution in [0.25, 0.3) is 0 Å². The fraction of sp³-hybridized carbons (Fsp3) is 0.308. The Kier molecular flexibility index (Phi) is 1.72. The maximum Gasteiger partial charge on any atom is 0.170 e. The highest BCUT2D eigenvalue weighted by Gasteiger charge is 2.39. The van der Waals surface area contributed by atoms with Crippen molar-refractivity contribution in [3.63, 3.8) is 0 Å². The molecule has 0 aliphatic heterocycles. The predicted molar refractivity (Wildman–Crippen MR) is 56.9 cm³/mol. The van der Waals surface area contributed by atoms with Gasteiger partial charge in [-0.2, -0.15) is 0 Å². The van der Waals surface area contributed by atoms with Crippen LogP contribution in [-0.2, 0) is 0 Å². The number of benzene rings is 1. The Bertz CT molecular complexity index is 459. The van der Waals surface area contributed by atoms with Gasteiger partial charge >= 0.3 is 0 Å². The average Bonchev–Trinajstić information content (AvgIpc) is 2.54. The van der Waals surface area contributed by atoms with Crippen LogP contribution in [0, 0.1) is 5.92 Å². The van der Waals surface area contributed by atoms with Gasteiger partial charge in [0.05, 0.1) is 11.7 Å². The average molecular weight is 200 g/mol. The van der Waals surface area contributed by atoms with Crippen molar-refractivity contribution in [2.24, 2.45) is 5.92 Å². The molecule has 0 amide bonds. The molecule has 0 heterocycles. The number of Topliss-reactive ketones (excluding diaryl/α,β-unsaturated/α-hetero) is 1. The largest absolute Gasteiger partial charge is 0.513 e. The third-order valence-corrected chi connectivity index (χ3v) is 3.45. The van der Waals surface area contributed by atoms with Crippen LogP contribution in [0.4, 0.5) is 0 Å². The molecule has 1 N–H and O–H groups in total. The lowest BCUT2D eigenvalue weighted by atomic mass is 9.83. The molecule has 3 rings (SSSR count). The van der Waals surface area contributed by atoms with Crippen LogP contribution in [0.3, 0.4) is 0 Å². The monoisotopic (exact) mass is 200 g/mol. The highest BCUT2D eigenvalue weighted by molar-refractivity contribution is 6.04. The van der Waals surface area contributed by atoms with Gasteiger partial charge in [0.15, 0.2) is 5.78 Å². The van der Waals surface area contributed by atoms with E-state index in [0.717, 1.165) is 17.5 Å². The second-order valence-electron chi connectivity index (χ2n) is 4.28. The van der Waals surface area contributed by atoms with Crippen molar-refractivity contribution in [1.82, 2.24) is 0 Å². The van der Waals surface area contributed by atoms with Crippen LogP contribution in [0.2, 0.25) is 0 Å². The van der Waals surface area contributed by atoms with Gasteiger partial charge in [-0.25, -0.2) is 0 Å². The summed E-state index contributed by atoms with van der Waals surface area (Å²) in [6.07, 6.45) is 3.31. The third-order valence-electron chi connectivity index (χ3n) is 3.45. The highest BCUT2D eigenvalue weighted by Crippen LogP contribution is 2.44. The maximum atomic E-state index is 12.0. The van der Waals surface area contributed by atoms with Crippen molar-refractivity contribution in [3.8, 4) is 0 Å². The van der Waals surface area contributed by atoms with E-state index >= 15 is 0 Å². The summed E-state index contributed by atoms with van der Waals surface area (Å²) in [4.78, 5) is 12.0. The summed E-state index contributed by atoms with van der Waals surface area (Å²) in [6, 6.07) is 7.80. The molecular weight excluding hydrogens is 188 g/mol. The predicted octanol–water partition coefficient (Wildman–Crippen LogP) is 2.82. The molecule has 2 heteroatoms. The van der Waals surface area contributed by atoms with E-state index in [1.165, 1.54) is 0 Å². The molecule has 0 spiro atoms. The zero-order chi connectivity index (χ0) is 10.4. The second kappa shape index (κ2) is 2.96. The van der Waals surface area contributed by atoms with Gasteiger partial charge in [0.2, 0.25) is 0 Å². The van der Waals surface area contributed by atoms with E-state index in [0.29, 0.717) is 18.1 Å². The molecule has 76 valence electrons. The topological polar surface area (TPSA) is 37.3 Å². The molecule has 0 radical (unpaired) electrons. The Hall–Kier alpha value is -1.57. The van der Waals surface area contributed by atoms with Gasteiger partial charge in [0.25, 0.3) is 0 Å². The van der Waals surface area contributed by atoms with Gasteiger partial charge < -0.3 is 5.11 Å². The Morgan fingerprint density at radius 3 is 2.93 bits per heavy atom. The summed E-state index contributed by atoms with van der Waals surface area (Å²) >= 11 is 0. The number of rotatable bonds is 0. The maximum absolute atomic E-state index is 12.0. The third kappa shape index (κ3) is 1.14. The standard InChI is InChI=1S/C13H12O2/c14-8-5-6-10-9-3-1-2-4-11(9)13(15)12(10)7-8/h1-4,7,10,12,14H,5-6H2. The van der Waals surface area contributed by atoms with E-state index in [2.05, 4.69) is 0 Å². The number of carbonyl (C=O) groups is 1. The molecule has 0 fully saturated rings. The normalized spacial score (nSPS) is 28.3. The lowest BCUT2D eigenvalue weighted by Crippen LogP contribution is -2.15. The number of aliphatic hydroxyl groups is 1. The van der Waals surface area contributed by atoms with Gasteiger partial charge in [0.1, 0.15) is 0 Å². The lowest BCUT2D eigenvalue weighted by Gasteiger charge is -2.21. The minimum absolute atomic E-state index is 0.115. The molecule has 1 aromatic carbocycles. The van der Waals surface area contributed by atoms with Crippen LogP contribution in [0.1, 0.15) is 34.7 Å². The Morgan fingerprint density at radius 1 is 1.27 bits per heavy atom. The molecule has 1 aromatic rings. The summed E-state index contributed by atoms with van der Waals surface area (Å²) in [7, 11) is 0. The quantitative estimate of drug-likeness (QED) is 0.699. The minimum Gasteiger partial charge on any atom is -0.513 e. The summed E-state index contributed by atoms with van der Waals surface area (Å²) in [5.41, 5.74) is 2.01. The van der Waals surface area contributed by atoms with Crippen molar-refractivity contribution >= 4 is 5.78 Å². The van der Waals surface area contributed by atoms with Crippen LogP contribution in [0.5, 0.6) is 0 Å². The molecule has 0 bridgehead atoms. The van der Waals surface area contributed by atoms with Crippen LogP contribution in [-0.4, -0.2) is 10.9 Å². The number of aliphatic hydroxyl groups excluding tert-OH is 1. The highest BCUT2D eigenvalue weighted by atomic mass is 16.3. The molecule has 0 saturated heterocycles. The Labute approximate surface area is 88.2 Å². The molecule has 2 nitrogen and oxygen atoms in total. The van der Waals surface area contributed by atoms with Gasteiger partial charge in [-0.1, -0.05) is 24.3 Å². The number of fused-ring (bicyclic) bond motifs is 3. The Morgan fingerprint density at radius 2 is 2.07 bits per heavy atom. The first-order chi connectivity index (χ1) is 7.27. The zero-order valence-electron chi connectivity index (χ0n) is 8.31. The van der Waals surface area contributed by atoms with E-state index in [1.807, 2.05) is 24.3 Å². The molecule has 0 aromatic heterocycles. The molecule has 2 aliphatic rings. The van der Waals surface area contributed by atoms with Gasteiger partial charge in [-0.15, -0.1) is 0 Å². The molecule has 2 unspecified atom stereocenters. The molecule has 15 heavy (non-hydrogen) atoms. The first kappa shape index (κ1) is 8.72. The fourth-order valence-corrected chi connectivity index (χ4v) is 2.72. The summed E-state index contributed by atoms with van der Waals surface area (Å²) < 4.78 is 0. The van der Waals surface area contributed by atoms with Crippen molar-refractivity contribution in [2.75, 3.05) is 0 Å². The molecule has 2 aliphatic carbocycles. The smallest absolute Gasteiger partial charge is 0.170 e. The van der Waals surface area contributed by atoms with Crippen LogP contribution >= 0.6 is 0 Å². The summed E-state index contributed by atoms with van der Waals surface area (Å²) in [5, 5.41) is 9.46. The first-order valence-electron chi connectivity index (χ1n) is 5.30. The van der Waals surface area contributed by atoms with Crippen molar-refractivity contribution in [1.29, 1.82) is 0 Å². The molecule has 2 atom stereocenters. The fourth-order valence-electron chi connectivity index (χ4n) is 2.72.